The third-order valence-electron chi connectivity index (χ3n) is 12.9. The fourth-order valence-corrected chi connectivity index (χ4v) is 9.48. The van der Waals surface area contributed by atoms with Crippen LogP contribution in [0.3, 0.4) is 0 Å². The lowest BCUT2D eigenvalue weighted by molar-refractivity contribution is 0.653. The summed E-state index contributed by atoms with van der Waals surface area (Å²) in [6.07, 6.45) is 15.7. The molecule has 67 heavy (non-hydrogen) atoms. The van der Waals surface area contributed by atoms with Gasteiger partial charge in [0.25, 0.3) is 0 Å². The van der Waals surface area contributed by atoms with Crippen LogP contribution in [0.1, 0.15) is 65.0 Å². The van der Waals surface area contributed by atoms with Gasteiger partial charge in [0, 0.05) is 34.1 Å². The molecule has 7 aromatic carbocycles. The number of amidine groups is 2. The van der Waals surface area contributed by atoms with Crippen molar-refractivity contribution in [1.82, 2.24) is 20.3 Å². The lowest BCUT2D eigenvalue weighted by atomic mass is 9.76. The van der Waals surface area contributed by atoms with E-state index in [4.69, 9.17) is 24.9 Å². The third-order valence-corrected chi connectivity index (χ3v) is 12.9. The first-order valence-corrected chi connectivity index (χ1v) is 23.1. The van der Waals surface area contributed by atoms with Gasteiger partial charge in [0.05, 0.1) is 0 Å². The number of nitrogens with one attached hydrogen (secondary N) is 1. The third kappa shape index (κ3) is 8.65. The molecule has 3 unspecified atom stereocenters. The highest BCUT2D eigenvalue weighted by molar-refractivity contribution is 6.19. The zero-order valence-corrected chi connectivity index (χ0v) is 37.2. The van der Waals surface area contributed by atoms with E-state index in [1.54, 1.807) is 0 Å². The molecule has 0 fully saturated rings. The van der Waals surface area contributed by atoms with Crippen molar-refractivity contribution in [2.45, 2.75) is 31.3 Å². The topological polar surface area (TPSA) is 75.4 Å². The number of hydrogen-bond donors (Lipinski definition) is 1. The second-order valence-corrected chi connectivity index (χ2v) is 17.2. The van der Waals surface area contributed by atoms with Crippen LogP contribution in [0.5, 0.6) is 0 Å². The van der Waals surface area contributed by atoms with Gasteiger partial charge in [-0.2, -0.15) is 0 Å². The second-order valence-electron chi connectivity index (χ2n) is 17.2. The molecule has 6 nitrogen and oxygen atoms in total. The Labute approximate surface area is 392 Å². The van der Waals surface area contributed by atoms with E-state index in [1.165, 1.54) is 11.1 Å². The molecule has 1 N–H and O–H groups in total. The first-order chi connectivity index (χ1) is 33.1. The lowest BCUT2D eigenvalue weighted by Crippen LogP contribution is -2.36. The van der Waals surface area contributed by atoms with Crippen LogP contribution in [0, 0.1) is 5.92 Å². The van der Waals surface area contributed by atoms with Crippen LogP contribution in [0.2, 0.25) is 0 Å². The smallest absolute Gasteiger partial charge is 0.169 e. The standard InChI is InChI=1S/C61H48N6/c1-41-50(46-29-18-31-48(39-46)58-63-56(44-25-10-4-11-26-44)62-57(64-58)45-27-12-5-13-28-45)37-20-38-51(41)47-30-19-32-49(40-47)59-65-60(54-35-16-14-33-52(54)42-21-6-2-7-22-42)67-61(66-59)55-36-17-15-34-53(55)43-23-8-3-9-24-43/h2-27,29-41,45,50,59H,28H2,1H3,(H,65,66,67). The second kappa shape index (κ2) is 18.6. The number of aliphatic imine (C=N–C) groups is 2. The number of hydrogen-bond acceptors (Lipinski definition) is 6. The molecule has 0 saturated heterocycles. The Morgan fingerprint density at radius 1 is 0.448 bits per heavy atom. The summed E-state index contributed by atoms with van der Waals surface area (Å²) in [5, 5.41) is 3.72. The van der Waals surface area contributed by atoms with Crippen molar-refractivity contribution in [3.8, 4) is 45.0 Å². The van der Waals surface area contributed by atoms with Crippen molar-refractivity contribution in [2.75, 3.05) is 0 Å². The molecule has 2 aliphatic carbocycles. The number of rotatable bonds is 10. The minimum absolute atomic E-state index is 0.0942. The van der Waals surface area contributed by atoms with Crippen molar-refractivity contribution in [3.63, 3.8) is 0 Å². The van der Waals surface area contributed by atoms with Crippen LogP contribution < -0.4 is 5.32 Å². The molecule has 322 valence electrons. The Hall–Kier alpha value is -8.35. The molecule has 0 bridgehead atoms. The summed E-state index contributed by atoms with van der Waals surface area (Å²) in [6, 6.07) is 65.7. The molecular weight excluding hydrogens is 817 g/mol. The average Bonchev–Trinajstić information content (AvgIpc) is 3.42. The summed E-state index contributed by atoms with van der Waals surface area (Å²) in [7, 11) is 0. The van der Waals surface area contributed by atoms with Gasteiger partial charge in [0.2, 0.25) is 0 Å². The van der Waals surface area contributed by atoms with E-state index in [0.717, 1.165) is 79.6 Å². The van der Waals surface area contributed by atoms with Gasteiger partial charge in [-0.1, -0.05) is 225 Å². The van der Waals surface area contributed by atoms with Gasteiger partial charge < -0.3 is 5.32 Å². The number of nitrogens with zero attached hydrogens (tertiary/aromatic N) is 5. The summed E-state index contributed by atoms with van der Waals surface area (Å²) < 4.78 is 0. The summed E-state index contributed by atoms with van der Waals surface area (Å²) in [6.45, 7) is 2.33. The summed E-state index contributed by atoms with van der Waals surface area (Å²) >= 11 is 0. The first-order valence-electron chi connectivity index (χ1n) is 23.1. The SMILES string of the molecule is CC1C(c2cccc(C3N=C(c4ccccc4-c4ccccc4)NC(c4ccccc4-c4ccccc4)=N3)c2)=CC=CC1c1cccc(-c2nc(-c3ccccc3)nc(C3C=CC=CC3)n2)c1. The maximum absolute atomic E-state index is 5.42. The van der Waals surface area contributed by atoms with Gasteiger partial charge in [-0.3, -0.25) is 0 Å². The molecular formula is C61H48N6. The first kappa shape index (κ1) is 41.4. The van der Waals surface area contributed by atoms with Gasteiger partial charge in [0.1, 0.15) is 17.5 Å². The molecule has 6 heteroatoms. The van der Waals surface area contributed by atoms with Crippen LogP contribution in [0.15, 0.2) is 241 Å². The van der Waals surface area contributed by atoms with E-state index in [-0.39, 0.29) is 17.8 Å². The summed E-state index contributed by atoms with van der Waals surface area (Å²) in [4.78, 5) is 26.0. The highest BCUT2D eigenvalue weighted by Crippen LogP contribution is 2.41. The molecule has 3 aliphatic rings. The quantitative estimate of drug-likeness (QED) is 0.149. The Balaban J connectivity index is 0.940. The Bertz CT molecular complexity index is 3170. The molecule has 8 aromatic rings. The van der Waals surface area contributed by atoms with Gasteiger partial charge >= 0.3 is 0 Å². The molecule has 3 atom stereocenters. The minimum Gasteiger partial charge on any atom is -0.324 e. The Morgan fingerprint density at radius 3 is 1.58 bits per heavy atom. The van der Waals surface area contributed by atoms with E-state index in [0.29, 0.717) is 11.6 Å². The van der Waals surface area contributed by atoms with E-state index in [9.17, 15) is 0 Å². The van der Waals surface area contributed by atoms with Gasteiger partial charge in [0.15, 0.2) is 17.8 Å². The summed E-state index contributed by atoms with van der Waals surface area (Å²) in [5.74, 6) is 4.11. The molecule has 0 saturated carbocycles. The molecule has 0 radical (unpaired) electrons. The largest absolute Gasteiger partial charge is 0.324 e. The number of allylic oxidation sites excluding steroid dienone is 8. The van der Waals surface area contributed by atoms with Gasteiger partial charge in [-0.15, -0.1) is 0 Å². The maximum atomic E-state index is 5.42. The van der Waals surface area contributed by atoms with Crippen molar-refractivity contribution >= 4 is 17.2 Å². The van der Waals surface area contributed by atoms with Crippen LogP contribution >= 0.6 is 0 Å². The van der Waals surface area contributed by atoms with Crippen molar-refractivity contribution in [3.05, 3.63) is 264 Å². The highest BCUT2D eigenvalue weighted by atomic mass is 15.2. The van der Waals surface area contributed by atoms with Crippen molar-refractivity contribution in [1.29, 1.82) is 0 Å². The molecule has 1 aromatic heterocycles. The molecule has 2 heterocycles. The normalized spacial score (nSPS) is 17.9. The highest BCUT2D eigenvalue weighted by Gasteiger charge is 2.28. The van der Waals surface area contributed by atoms with E-state index < -0.39 is 6.17 Å². The van der Waals surface area contributed by atoms with Crippen LogP contribution in [-0.4, -0.2) is 26.6 Å². The molecule has 0 amide bonds. The fourth-order valence-electron chi connectivity index (χ4n) is 9.48. The monoisotopic (exact) mass is 864 g/mol. The maximum Gasteiger partial charge on any atom is 0.169 e. The Morgan fingerprint density at radius 2 is 0.970 bits per heavy atom. The average molecular weight is 865 g/mol. The van der Waals surface area contributed by atoms with Crippen LogP contribution in [0.25, 0.3) is 50.6 Å². The lowest BCUT2D eigenvalue weighted by Gasteiger charge is -2.28. The van der Waals surface area contributed by atoms with Gasteiger partial charge in [-0.25, -0.2) is 24.9 Å². The zero-order chi connectivity index (χ0) is 44.9. The Kier molecular flexibility index (Phi) is 11.5. The fraction of sp³-hybridized carbons (Fsp3) is 0.0984. The predicted molar refractivity (Wildman–Crippen MR) is 275 cm³/mol. The van der Waals surface area contributed by atoms with Crippen molar-refractivity contribution in [2.24, 2.45) is 15.9 Å². The molecule has 0 spiro atoms. The predicted octanol–water partition coefficient (Wildman–Crippen LogP) is 14.0. The van der Waals surface area contributed by atoms with E-state index in [2.05, 4.69) is 225 Å². The van der Waals surface area contributed by atoms with Crippen LogP contribution in [-0.2, 0) is 0 Å². The summed E-state index contributed by atoms with van der Waals surface area (Å²) in [5.41, 5.74) is 13.1. The van der Waals surface area contributed by atoms with Gasteiger partial charge in [-0.05, 0) is 69.0 Å². The molecule has 1 aliphatic heterocycles. The number of aromatic nitrogens is 3. The van der Waals surface area contributed by atoms with E-state index >= 15 is 0 Å². The zero-order valence-electron chi connectivity index (χ0n) is 37.2. The molecule has 11 rings (SSSR count). The van der Waals surface area contributed by atoms with Crippen LogP contribution in [0.4, 0.5) is 0 Å². The minimum atomic E-state index is -0.493. The van der Waals surface area contributed by atoms with Crippen molar-refractivity contribution < 1.29 is 0 Å². The van der Waals surface area contributed by atoms with E-state index in [1.807, 2.05) is 18.2 Å². The number of benzene rings is 7.